The minimum Gasteiger partial charge on any atom is -0.190 e. The van der Waals surface area contributed by atoms with Crippen molar-refractivity contribution in [3.63, 3.8) is 0 Å². The van der Waals surface area contributed by atoms with Crippen molar-refractivity contribution in [1.82, 2.24) is 4.98 Å². The lowest BCUT2D eigenvalue weighted by Gasteiger charge is -2.32. The van der Waals surface area contributed by atoms with Crippen LogP contribution in [0.3, 0.4) is 0 Å². The van der Waals surface area contributed by atoms with Gasteiger partial charge in [-0.25, -0.2) is 0 Å². The Kier molecular flexibility index (Phi) is 6.39. The molecule has 1 atom stereocenters. The topological polar surface area (TPSA) is 12.9 Å². The summed E-state index contributed by atoms with van der Waals surface area (Å²) < 4.78 is 26.8. The Bertz CT molecular complexity index is 703. The largest absolute Gasteiger partial charge is 0.223 e. The number of pyridine rings is 1. The molecule has 3 rings (SSSR count). The van der Waals surface area contributed by atoms with Crippen molar-refractivity contribution in [3.8, 4) is 11.1 Å². The molecule has 0 bridgehead atoms. The third-order valence-electron chi connectivity index (χ3n) is 6.13. The summed E-state index contributed by atoms with van der Waals surface area (Å²) in [6.45, 7) is 4.58. The maximum absolute atomic E-state index is 13.9. The third-order valence-corrected chi connectivity index (χ3v) is 6.13. The first kappa shape index (κ1) is 19.0. The van der Waals surface area contributed by atoms with Crippen LogP contribution in [-0.2, 0) is 0 Å². The summed E-state index contributed by atoms with van der Waals surface area (Å²) in [6, 6.07) is 10.7. The highest BCUT2D eigenvalue weighted by molar-refractivity contribution is 5.63. The number of unbranched alkanes of at least 4 members (excludes halogenated alkanes) is 1. The van der Waals surface area contributed by atoms with Gasteiger partial charge in [-0.15, -0.1) is 0 Å². The quantitative estimate of drug-likeness (QED) is 0.501. The van der Waals surface area contributed by atoms with E-state index in [1.807, 2.05) is 12.1 Å². The van der Waals surface area contributed by atoms with Crippen LogP contribution >= 0.6 is 0 Å². The number of benzene rings is 1. The van der Waals surface area contributed by atoms with Crippen molar-refractivity contribution in [3.05, 3.63) is 53.9 Å². The Hall–Kier alpha value is -1.77. The summed E-state index contributed by atoms with van der Waals surface area (Å²) in [4.78, 5) is 3.28. The van der Waals surface area contributed by atoms with Crippen LogP contribution in [0.4, 0.5) is 8.78 Å². The molecule has 1 unspecified atom stereocenters. The highest BCUT2D eigenvalue weighted by Crippen LogP contribution is 2.39. The van der Waals surface area contributed by atoms with Crippen LogP contribution in [0.1, 0.15) is 70.3 Å². The molecule has 1 nitrogen and oxygen atoms in total. The van der Waals surface area contributed by atoms with Crippen molar-refractivity contribution in [2.45, 2.75) is 64.7 Å². The van der Waals surface area contributed by atoms with E-state index < -0.39 is 11.9 Å². The van der Waals surface area contributed by atoms with E-state index in [-0.39, 0.29) is 0 Å². The molecule has 3 heteroatoms. The van der Waals surface area contributed by atoms with Gasteiger partial charge in [-0.1, -0.05) is 70.2 Å². The van der Waals surface area contributed by atoms with Crippen LogP contribution in [0.5, 0.6) is 0 Å². The van der Waals surface area contributed by atoms with E-state index in [4.69, 9.17) is 0 Å². The SMILES string of the molecule is CCCCC1CCC(C(C)c2ccc(-c3ccc(F)nc3F)cc2)CC1. The molecule has 0 spiro atoms. The zero-order valence-corrected chi connectivity index (χ0v) is 15.8. The first-order chi connectivity index (χ1) is 12.6. The van der Waals surface area contributed by atoms with Crippen LogP contribution < -0.4 is 0 Å². The van der Waals surface area contributed by atoms with Gasteiger partial charge in [-0.2, -0.15) is 13.8 Å². The maximum atomic E-state index is 13.9. The lowest BCUT2D eigenvalue weighted by molar-refractivity contribution is 0.237. The first-order valence-corrected chi connectivity index (χ1v) is 10.0. The highest BCUT2D eigenvalue weighted by atomic mass is 19.1. The standard InChI is InChI=1S/C23H29F2N/c1-3-4-5-17-6-8-18(9-7-17)16(2)19-10-12-20(13-11-19)21-14-15-22(24)26-23(21)25/h10-18H,3-9H2,1-2H3. The van der Waals surface area contributed by atoms with Crippen LogP contribution in [0, 0.1) is 23.7 Å². The molecule has 1 aromatic carbocycles. The predicted molar refractivity (Wildman–Crippen MR) is 103 cm³/mol. The van der Waals surface area contributed by atoms with E-state index in [1.165, 1.54) is 62.6 Å². The van der Waals surface area contributed by atoms with E-state index in [0.29, 0.717) is 11.5 Å². The Morgan fingerprint density at radius 2 is 1.69 bits per heavy atom. The number of halogens is 2. The minimum atomic E-state index is -0.786. The molecule has 0 saturated heterocycles. The molecule has 140 valence electrons. The summed E-state index contributed by atoms with van der Waals surface area (Å²) in [7, 11) is 0. The molecule has 0 aliphatic heterocycles. The third kappa shape index (κ3) is 4.49. The van der Waals surface area contributed by atoms with Crippen LogP contribution in [0.25, 0.3) is 11.1 Å². The van der Waals surface area contributed by atoms with Crippen molar-refractivity contribution in [2.24, 2.45) is 11.8 Å². The molecular formula is C23H29F2N. The fraction of sp³-hybridized carbons (Fsp3) is 0.522. The Morgan fingerprint density at radius 1 is 1.00 bits per heavy atom. The van der Waals surface area contributed by atoms with Crippen LogP contribution in [-0.4, -0.2) is 4.98 Å². The van der Waals surface area contributed by atoms with Gasteiger partial charge in [0.05, 0.1) is 0 Å². The van der Waals surface area contributed by atoms with E-state index in [0.717, 1.165) is 17.4 Å². The van der Waals surface area contributed by atoms with Crippen molar-refractivity contribution < 1.29 is 8.78 Å². The smallest absolute Gasteiger partial charge is 0.190 e. The van der Waals surface area contributed by atoms with E-state index in [1.54, 1.807) is 0 Å². The molecule has 1 heterocycles. The van der Waals surface area contributed by atoms with Gasteiger partial charge in [0, 0.05) is 5.56 Å². The fourth-order valence-electron chi connectivity index (χ4n) is 4.34. The zero-order chi connectivity index (χ0) is 18.5. The monoisotopic (exact) mass is 357 g/mol. The summed E-state index contributed by atoms with van der Waals surface area (Å²) in [5.41, 5.74) is 2.40. The lowest BCUT2D eigenvalue weighted by atomic mass is 9.73. The number of hydrogen-bond acceptors (Lipinski definition) is 1. The average Bonchev–Trinajstić information content (AvgIpc) is 2.66. The predicted octanol–water partition coefficient (Wildman–Crippen LogP) is 7.13. The molecule has 2 aromatic rings. The average molecular weight is 357 g/mol. The second-order valence-corrected chi connectivity index (χ2v) is 7.81. The van der Waals surface area contributed by atoms with Crippen LogP contribution in [0.2, 0.25) is 0 Å². The number of hydrogen-bond donors (Lipinski definition) is 0. The van der Waals surface area contributed by atoms with Crippen molar-refractivity contribution in [1.29, 1.82) is 0 Å². The molecule has 0 radical (unpaired) electrons. The summed E-state index contributed by atoms with van der Waals surface area (Å²) in [5.74, 6) is 0.646. The first-order valence-electron chi connectivity index (χ1n) is 10.0. The van der Waals surface area contributed by atoms with E-state index in [2.05, 4.69) is 31.0 Å². The van der Waals surface area contributed by atoms with Gasteiger partial charge in [0.1, 0.15) is 0 Å². The second kappa shape index (κ2) is 8.75. The van der Waals surface area contributed by atoms with Gasteiger partial charge in [0.15, 0.2) is 0 Å². The minimum absolute atomic E-state index is 0.349. The Morgan fingerprint density at radius 3 is 2.31 bits per heavy atom. The van der Waals surface area contributed by atoms with Gasteiger partial charge < -0.3 is 0 Å². The van der Waals surface area contributed by atoms with E-state index >= 15 is 0 Å². The van der Waals surface area contributed by atoms with Crippen molar-refractivity contribution >= 4 is 0 Å². The molecule has 1 aromatic heterocycles. The summed E-state index contributed by atoms with van der Waals surface area (Å²) in [6.07, 6.45) is 9.40. The fourth-order valence-corrected chi connectivity index (χ4v) is 4.34. The molecule has 0 N–H and O–H groups in total. The summed E-state index contributed by atoms with van der Waals surface area (Å²) in [5, 5.41) is 0. The summed E-state index contributed by atoms with van der Waals surface area (Å²) >= 11 is 0. The van der Waals surface area contributed by atoms with Crippen molar-refractivity contribution in [2.75, 3.05) is 0 Å². The molecular weight excluding hydrogens is 328 g/mol. The van der Waals surface area contributed by atoms with Gasteiger partial charge in [-0.3, -0.25) is 0 Å². The number of aromatic nitrogens is 1. The Balaban J connectivity index is 1.63. The van der Waals surface area contributed by atoms with Gasteiger partial charge in [-0.05, 0) is 53.9 Å². The van der Waals surface area contributed by atoms with Gasteiger partial charge in [0.25, 0.3) is 0 Å². The molecule has 26 heavy (non-hydrogen) atoms. The second-order valence-electron chi connectivity index (χ2n) is 7.81. The maximum Gasteiger partial charge on any atom is 0.223 e. The molecule has 1 fully saturated rings. The molecule has 1 aliphatic rings. The number of rotatable bonds is 6. The molecule has 1 aliphatic carbocycles. The normalized spacial score (nSPS) is 21.5. The zero-order valence-electron chi connectivity index (χ0n) is 15.8. The lowest BCUT2D eigenvalue weighted by Crippen LogP contribution is -2.19. The van der Waals surface area contributed by atoms with E-state index in [9.17, 15) is 8.78 Å². The molecule has 0 amide bonds. The number of nitrogens with zero attached hydrogens (tertiary/aromatic N) is 1. The van der Waals surface area contributed by atoms with Gasteiger partial charge in [0.2, 0.25) is 11.9 Å². The van der Waals surface area contributed by atoms with Gasteiger partial charge >= 0.3 is 0 Å². The van der Waals surface area contributed by atoms with Crippen LogP contribution in [0.15, 0.2) is 36.4 Å². The Labute approximate surface area is 155 Å². The highest BCUT2D eigenvalue weighted by Gasteiger charge is 2.25. The molecule has 1 saturated carbocycles.